The molecule has 6 heteroatoms. The zero-order valence-corrected chi connectivity index (χ0v) is 17.4. The van der Waals surface area contributed by atoms with Crippen molar-refractivity contribution < 1.29 is 14.3 Å². The Hall–Kier alpha value is -1.40. The normalized spacial score (nSPS) is 16.1. The zero-order chi connectivity index (χ0) is 19.2. The third-order valence-corrected chi connectivity index (χ3v) is 5.48. The molecule has 0 saturated carbocycles. The third-order valence-electron chi connectivity index (χ3n) is 4.55. The van der Waals surface area contributed by atoms with Gasteiger partial charge in [0.15, 0.2) is 0 Å². The number of hydrogen-bond acceptors (Lipinski definition) is 5. The molecule has 1 aliphatic heterocycles. The van der Waals surface area contributed by atoms with E-state index < -0.39 is 6.09 Å². The highest BCUT2D eigenvalue weighted by molar-refractivity contribution is 7.95. The lowest BCUT2D eigenvalue weighted by Gasteiger charge is -2.31. The Kier molecular flexibility index (Phi) is 7.65. The van der Waals surface area contributed by atoms with Gasteiger partial charge in [0.2, 0.25) is 0 Å². The number of methoxy groups -OCH3 is 1. The minimum atomic E-state index is -0.428. The molecule has 0 bridgehead atoms. The van der Waals surface area contributed by atoms with Crippen LogP contribution >= 0.6 is 12.1 Å². The molecule has 0 aliphatic carbocycles. The van der Waals surface area contributed by atoms with E-state index in [1.165, 1.54) is 30.4 Å². The number of amides is 1. The van der Waals surface area contributed by atoms with Crippen LogP contribution in [0.4, 0.5) is 4.79 Å². The number of para-hydroxylation sites is 1. The van der Waals surface area contributed by atoms with Crippen LogP contribution in [0.15, 0.2) is 18.2 Å². The van der Waals surface area contributed by atoms with Gasteiger partial charge < -0.3 is 9.47 Å². The summed E-state index contributed by atoms with van der Waals surface area (Å²) in [5, 5.41) is 0. The molecule has 1 amide bonds. The molecule has 26 heavy (non-hydrogen) atoms. The average molecular weight is 381 g/mol. The summed E-state index contributed by atoms with van der Waals surface area (Å²) in [6, 6.07) is 6.63. The summed E-state index contributed by atoms with van der Waals surface area (Å²) in [6.45, 7) is 9.53. The quantitative estimate of drug-likeness (QED) is 0.592. The van der Waals surface area contributed by atoms with Crippen LogP contribution in [0.25, 0.3) is 0 Å². The van der Waals surface area contributed by atoms with Gasteiger partial charge >= 0.3 is 6.09 Å². The van der Waals surface area contributed by atoms with Crippen molar-refractivity contribution in [2.24, 2.45) is 0 Å². The number of carbonyl (C=O) groups is 1. The second-order valence-electron chi connectivity index (χ2n) is 7.36. The van der Waals surface area contributed by atoms with Gasteiger partial charge in [-0.1, -0.05) is 44.9 Å². The first kappa shape index (κ1) is 20.9. The standard InChI is InChI=1S/C20H32N2O3S/c1-6-8-13-22(26-21-19(23)24-5)17(10-7-2)16-12-9-11-15-14-20(3,4)25-18(15)16/h9,11-12,17H,6-8,10,13-14H2,1-5H3,(H,21,23). The number of carbonyl (C=O) groups excluding carboxylic acids is 1. The molecule has 146 valence electrons. The molecule has 1 unspecified atom stereocenters. The van der Waals surface area contributed by atoms with Crippen molar-refractivity contribution in [1.29, 1.82) is 0 Å². The lowest BCUT2D eigenvalue weighted by atomic mass is 9.96. The Bertz CT molecular complexity index is 607. The minimum absolute atomic E-state index is 0.166. The maximum absolute atomic E-state index is 11.6. The largest absolute Gasteiger partial charge is 0.487 e. The van der Waals surface area contributed by atoms with E-state index in [-0.39, 0.29) is 11.6 Å². The van der Waals surface area contributed by atoms with Crippen LogP contribution in [0.2, 0.25) is 0 Å². The SMILES string of the molecule is CCCCN(SNC(=O)OC)C(CCC)c1cccc2c1OC(C)(C)C2. The van der Waals surface area contributed by atoms with Crippen molar-refractivity contribution in [3.8, 4) is 5.75 Å². The number of fused-ring (bicyclic) bond motifs is 1. The van der Waals surface area contributed by atoms with Crippen LogP contribution in [0.1, 0.15) is 70.5 Å². The zero-order valence-electron chi connectivity index (χ0n) is 16.6. The van der Waals surface area contributed by atoms with Gasteiger partial charge in [-0.15, -0.1) is 0 Å². The van der Waals surface area contributed by atoms with Gasteiger partial charge in [0, 0.05) is 30.7 Å². The lowest BCUT2D eigenvalue weighted by Crippen LogP contribution is -2.30. The van der Waals surface area contributed by atoms with Gasteiger partial charge in [-0.2, -0.15) is 0 Å². The van der Waals surface area contributed by atoms with E-state index >= 15 is 0 Å². The predicted molar refractivity (Wildman–Crippen MR) is 107 cm³/mol. The van der Waals surface area contributed by atoms with Gasteiger partial charge in [0.1, 0.15) is 11.4 Å². The average Bonchev–Trinajstić information content (AvgIpc) is 2.94. The maximum atomic E-state index is 11.6. The number of benzene rings is 1. The van der Waals surface area contributed by atoms with Crippen molar-refractivity contribution in [2.75, 3.05) is 13.7 Å². The van der Waals surface area contributed by atoms with Crippen LogP contribution in [0.5, 0.6) is 5.75 Å². The van der Waals surface area contributed by atoms with Crippen molar-refractivity contribution in [2.45, 2.75) is 71.4 Å². The summed E-state index contributed by atoms with van der Waals surface area (Å²) in [5.74, 6) is 1.02. The summed E-state index contributed by atoms with van der Waals surface area (Å²) in [4.78, 5) is 11.6. The molecule has 0 spiro atoms. The second-order valence-corrected chi connectivity index (χ2v) is 8.21. The first-order chi connectivity index (χ1) is 12.4. The molecule has 0 radical (unpaired) electrons. The molecule has 1 atom stereocenters. The number of ether oxygens (including phenoxy) is 2. The summed E-state index contributed by atoms with van der Waals surface area (Å²) in [7, 11) is 1.38. The van der Waals surface area contributed by atoms with Crippen LogP contribution in [-0.4, -0.2) is 29.7 Å². The number of nitrogens with one attached hydrogen (secondary N) is 1. The van der Waals surface area contributed by atoms with E-state index in [1.54, 1.807) is 0 Å². The summed E-state index contributed by atoms with van der Waals surface area (Å²) < 4.78 is 16.1. The Balaban J connectivity index is 2.30. The number of nitrogens with zero attached hydrogens (tertiary/aromatic N) is 1. The molecule has 1 aromatic rings. The number of unbranched alkanes of at least 4 members (excludes halogenated alkanes) is 1. The van der Waals surface area contributed by atoms with Crippen molar-refractivity contribution in [3.05, 3.63) is 29.3 Å². The topological polar surface area (TPSA) is 50.8 Å². The monoisotopic (exact) mass is 380 g/mol. The second kappa shape index (κ2) is 9.51. The van der Waals surface area contributed by atoms with E-state index in [0.29, 0.717) is 0 Å². The summed E-state index contributed by atoms with van der Waals surface area (Å²) >= 11 is 1.34. The van der Waals surface area contributed by atoms with Gasteiger partial charge in [0.25, 0.3) is 0 Å². The molecule has 1 aliphatic rings. The van der Waals surface area contributed by atoms with Gasteiger partial charge in [-0.3, -0.25) is 4.72 Å². The smallest absolute Gasteiger partial charge is 0.417 e. The van der Waals surface area contributed by atoms with E-state index in [2.05, 4.69) is 54.9 Å². The molecule has 5 nitrogen and oxygen atoms in total. The highest BCUT2D eigenvalue weighted by Crippen LogP contribution is 2.43. The van der Waals surface area contributed by atoms with E-state index in [1.807, 2.05) is 0 Å². The van der Waals surface area contributed by atoms with Crippen molar-refractivity contribution in [3.63, 3.8) is 0 Å². The Morgan fingerprint density at radius 1 is 1.38 bits per heavy atom. The van der Waals surface area contributed by atoms with E-state index in [9.17, 15) is 4.79 Å². The fourth-order valence-electron chi connectivity index (χ4n) is 3.35. The molecule has 1 heterocycles. The number of hydrogen-bond donors (Lipinski definition) is 1. The fraction of sp³-hybridized carbons (Fsp3) is 0.650. The molecular formula is C20H32N2O3S. The molecule has 1 aromatic carbocycles. The highest BCUT2D eigenvalue weighted by Gasteiger charge is 2.34. The molecule has 0 aromatic heterocycles. The Morgan fingerprint density at radius 3 is 2.81 bits per heavy atom. The molecular weight excluding hydrogens is 348 g/mol. The highest BCUT2D eigenvalue weighted by atomic mass is 32.2. The summed E-state index contributed by atoms with van der Waals surface area (Å²) in [5.41, 5.74) is 2.32. The minimum Gasteiger partial charge on any atom is -0.487 e. The van der Waals surface area contributed by atoms with Gasteiger partial charge in [-0.05, 0) is 32.3 Å². The first-order valence-electron chi connectivity index (χ1n) is 9.50. The molecule has 0 fully saturated rings. The summed E-state index contributed by atoms with van der Waals surface area (Å²) in [6.07, 6.45) is 4.72. The van der Waals surface area contributed by atoms with Crippen LogP contribution in [0.3, 0.4) is 0 Å². The lowest BCUT2D eigenvalue weighted by molar-refractivity contribution is 0.135. The van der Waals surface area contributed by atoms with Crippen LogP contribution in [0, 0.1) is 0 Å². The molecule has 0 saturated heterocycles. The molecule has 2 rings (SSSR count). The number of rotatable bonds is 9. The Labute approximate surface area is 162 Å². The Morgan fingerprint density at radius 2 is 2.15 bits per heavy atom. The third kappa shape index (κ3) is 5.30. The van der Waals surface area contributed by atoms with E-state index in [4.69, 9.17) is 9.47 Å². The van der Waals surface area contributed by atoms with Crippen molar-refractivity contribution >= 4 is 18.2 Å². The van der Waals surface area contributed by atoms with Gasteiger partial charge in [0.05, 0.1) is 13.2 Å². The van der Waals surface area contributed by atoms with Crippen LogP contribution < -0.4 is 9.46 Å². The first-order valence-corrected chi connectivity index (χ1v) is 10.3. The van der Waals surface area contributed by atoms with Gasteiger partial charge in [-0.25, -0.2) is 9.10 Å². The predicted octanol–water partition coefficient (Wildman–Crippen LogP) is 5.26. The van der Waals surface area contributed by atoms with E-state index in [0.717, 1.165) is 44.4 Å². The maximum Gasteiger partial charge on any atom is 0.417 e. The van der Waals surface area contributed by atoms with Crippen LogP contribution in [-0.2, 0) is 11.2 Å². The fourth-order valence-corrected chi connectivity index (χ4v) is 4.19. The van der Waals surface area contributed by atoms with Crippen molar-refractivity contribution in [1.82, 2.24) is 9.03 Å². The molecule has 1 N–H and O–H groups in total.